The third-order valence-electron chi connectivity index (χ3n) is 4.52. The second-order valence-electron chi connectivity index (χ2n) is 6.02. The van der Waals surface area contributed by atoms with Gasteiger partial charge < -0.3 is 15.7 Å². The molecule has 4 heteroatoms. The van der Waals surface area contributed by atoms with Gasteiger partial charge in [-0.2, -0.15) is 0 Å². The van der Waals surface area contributed by atoms with E-state index in [1.54, 1.807) is 0 Å². The molecule has 0 aliphatic heterocycles. The van der Waals surface area contributed by atoms with Crippen molar-refractivity contribution in [2.45, 2.75) is 56.1 Å². The lowest BCUT2D eigenvalue weighted by molar-refractivity contribution is 0.183. The fourth-order valence-corrected chi connectivity index (χ4v) is 3.33. The Morgan fingerprint density at radius 2 is 1.70 bits per heavy atom. The third kappa shape index (κ3) is 3.31. The van der Waals surface area contributed by atoms with Crippen molar-refractivity contribution in [1.29, 1.82) is 0 Å². The van der Waals surface area contributed by atoms with Crippen molar-refractivity contribution in [1.82, 2.24) is 10.6 Å². The fourth-order valence-electron chi connectivity index (χ4n) is 3.33. The van der Waals surface area contributed by atoms with Gasteiger partial charge in [-0.25, -0.2) is 4.79 Å². The van der Waals surface area contributed by atoms with Crippen LogP contribution < -0.4 is 10.6 Å². The topological polar surface area (TPSA) is 61.4 Å². The van der Waals surface area contributed by atoms with Crippen LogP contribution in [-0.2, 0) is 0 Å². The summed E-state index contributed by atoms with van der Waals surface area (Å²) < 4.78 is 0. The lowest BCUT2D eigenvalue weighted by Gasteiger charge is -2.29. The molecule has 1 aromatic rings. The van der Waals surface area contributed by atoms with Crippen LogP contribution in [0.3, 0.4) is 0 Å². The van der Waals surface area contributed by atoms with Crippen LogP contribution in [0.2, 0.25) is 0 Å². The monoisotopic (exact) mass is 274 g/mol. The second kappa shape index (κ2) is 5.83. The first-order valence-electron chi connectivity index (χ1n) is 7.53. The summed E-state index contributed by atoms with van der Waals surface area (Å²) in [5.74, 6) is 0.672. The number of amides is 1. The van der Waals surface area contributed by atoms with Crippen molar-refractivity contribution in [3.63, 3.8) is 0 Å². The predicted octanol–water partition coefficient (Wildman–Crippen LogP) is 2.71. The summed E-state index contributed by atoms with van der Waals surface area (Å²) in [6.45, 7) is 0. The smallest absolute Gasteiger partial charge is 0.404 e. The summed E-state index contributed by atoms with van der Waals surface area (Å²) in [5.41, 5.74) is 1.44. The molecule has 2 aliphatic carbocycles. The predicted molar refractivity (Wildman–Crippen MR) is 77.9 cm³/mol. The number of nitrogens with one attached hydrogen (secondary N) is 2. The van der Waals surface area contributed by atoms with Gasteiger partial charge in [0.25, 0.3) is 0 Å². The first-order valence-corrected chi connectivity index (χ1v) is 7.53. The minimum atomic E-state index is -0.896. The van der Waals surface area contributed by atoms with Crippen LogP contribution in [0.4, 0.5) is 4.79 Å². The molecule has 3 N–H and O–H groups in total. The molecule has 1 aromatic carbocycles. The van der Waals surface area contributed by atoms with Crippen LogP contribution in [0.1, 0.15) is 43.6 Å². The highest BCUT2D eigenvalue weighted by Crippen LogP contribution is 2.41. The molecule has 0 spiro atoms. The lowest BCUT2D eigenvalue weighted by Crippen LogP contribution is -2.42. The van der Waals surface area contributed by atoms with E-state index in [0.29, 0.717) is 18.0 Å². The average molecular weight is 274 g/mol. The summed E-state index contributed by atoms with van der Waals surface area (Å²) >= 11 is 0. The van der Waals surface area contributed by atoms with Gasteiger partial charge in [0.15, 0.2) is 0 Å². The Bertz CT molecular complexity index is 455. The van der Waals surface area contributed by atoms with Crippen LogP contribution in [0.5, 0.6) is 0 Å². The van der Waals surface area contributed by atoms with Gasteiger partial charge in [0.2, 0.25) is 0 Å². The number of carbonyl (C=O) groups is 1. The highest BCUT2D eigenvalue weighted by molar-refractivity contribution is 5.64. The summed E-state index contributed by atoms with van der Waals surface area (Å²) in [5, 5.41) is 15.1. The van der Waals surface area contributed by atoms with Crippen LogP contribution in [0.15, 0.2) is 30.3 Å². The third-order valence-corrected chi connectivity index (χ3v) is 4.52. The number of carboxylic acid groups (broad SMARTS) is 1. The van der Waals surface area contributed by atoms with Crippen molar-refractivity contribution >= 4 is 6.09 Å². The lowest BCUT2D eigenvalue weighted by atomic mass is 9.91. The van der Waals surface area contributed by atoms with Crippen molar-refractivity contribution in [2.24, 2.45) is 0 Å². The average Bonchev–Trinajstić information content (AvgIpc) is 3.21. The summed E-state index contributed by atoms with van der Waals surface area (Å²) in [6.07, 6.45) is 4.38. The normalized spacial score (nSPS) is 32.6. The van der Waals surface area contributed by atoms with Gasteiger partial charge in [0.05, 0.1) is 0 Å². The number of rotatable bonds is 4. The van der Waals surface area contributed by atoms with E-state index in [9.17, 15) is 4.79 Å². The van der Waals surface area contributed by atoms with E-state index in [1.165, 1.54) is 12.0 Å². The highest BCUT2D eigenvalue weighted by atomic mass is 16.4. The van der Waals surface area contributed by atoms with Gasteiger partial charge in [-0.05, 0) is 37.7 Å². The standard InChI is InChI=1S/C16H22N2O2/c19-16(20)18-13-8-6-12(7-9-13)17-15-10-14(15)11-4-2-1-3-5-11/h1-5,12-15,17-18H,6-10H2,(H,19,20)/t12?,13?,14-,15+/m1/s1. The minimum absolute atomic E-state index is 0.148. The van der Waals surface area contributed by atoms with Gasteiger partial charge >= 0.3 is 6.09 Å². The fraction of sp³-hybridized carbons (Fsp3) is 0.562. The van der Waals surface area contributed by atoms with E-state index in [1.807, 2.05) is 0 Å². The summed E-state index contributed by atoms with van der Waals surface area (Å²) in [4.78, 5) is 10.6. The second-order valence-corrected chi connectivity index (χ2v) is 6.02. The van der Waals surface area contributed by atoms with Gasteiger partial charge in [0.1, 0.15) is 0 Å². The Kier molecular flexibility index (Phi) is 3.92. The quantitative estimate of drug-likeness (QED) is 0.791. The van der Waals surface area contributed by atoms with Gasteiger partial charge in [-0.15, -0.1) is 0 Å². The zero-order valence-electron chi connectivity index (χ0n) is 11.6. The van der Waals surface area contributed by atoms with Gasteiger partial charge in [-0.3, -0.25) is 0 Å². The largest absolute Gasteiger partial charge is 0.465 e. The highest BCUT2D eigenvalue weighted by Gasteiger charge is 2.39. The molecular formula is C16H22N2O2. The van der Waals surface area contributed by atoms with E-state index in [2.05, 4.69) is 41.0 Å². The van der Waals surface area contributed by atoms with E-state index < -0.39 is 6.09 Å². The molecule has 1 amide bonds. The van der Waals surface area contributed by atoms with Crippen LogP contribution in [0, 0.1) is 0 Å². The van der Waals surface area contributed by atoms with E-state index >= 15 is 0 Å². The van der Waals surface area contributed by atoms with Crippen molar-refractivity contribution < 1.29 is 9.90 Å². The maximum atomic E-state index is 10.6. The molecule has 3 rings (SSSR count). The zero-order valence-corrected chi connectivity index (χ0v) is 11.6. The molecule has 0 bridgehead atoms. The number of hydrogen-bond acceptors (Lipinski definition) is 2. The summed E-state index contributed by atoms with van der Waals surface area (Å²) in [7, 11) is 0. The molecule has 20 heavy (non-hydrogen) atoms. The Morgan fingerprint density at radius 1 is 1.05 bits per heavy atom. The van der Waals surface area contributed by atoms with Crippen LogP contribution in [0.25, 0.3) is 0 Å². The molecule has 0 unspecified atom stereocenters. The molecule has 2 fully saturated rings. The molecular weight excluding hydrogens is 252 g/mol. The van der Waals surface area contributed by atoms with Gasteiger partial charge in [-0.1, -0.05) is 30.3 Å². The van der Waals surface area contributed by atoms with Crippen LogP contribution >= 0.6 is 0 Å². The Labute approximate surface area is 119 Å². The van der Waals surface area contributed by atoms with Gasteiger partial charge in [0, 0.05) is 24.0 Å². The number of benzene rings is 1. The SMILES string of the molecule is O=C(O)NC1CCC(N[C@H]2C[C@@H]2c2ccccc2)CC1. The van der Waals surface area contributed by atoms with Crippen molar-refractivity contribution in [2.75, 3.05) is 0 Å². The molecule has 4 nitrogen and oxygen atoms in total. The Balaban J connectivity index is 1.42. The van der Waals surface area contributed by atoms with Crippen LogP contribution in [-0.4, -0.2) is 29.3 Å². The molecule has 2 aliphatic rings. The van der Waals surface area contributed by atoms with E-state index in [-0.39, 0.29) is 6.04 Å². The maximum Gasteiger partial charge on any atom is 0.404 e. The molecule has 2 saturated carbocycles. The molecule has 2 atom stereocenters. The molecule has 0 radical (unpaired) electrons. The molecule has 108 valence electrons. The van der Waals surface area contributed by atoms with Crippen molar-refractivity contribution in [3.8, 4) is 0 Å². The first-order chi connectivity index (χ1) is 9.72. The van der Waals surface area contributed by atoms with E-state index in [4.69, 9.17) is 5.11 Å². The minimum Gasteiger partial charge on any atom is -0.465 e. The Morgan fingerprint density at radius 3 is 2.35 bits per heavy atom. The van der Waals surface area contributed by atoms with E-state index in [0.717, 1.165) is 25.7 Å². The molecule has 0 saturated heterocycles. The first kappa shape index (κ1) is 13.4. The molecule has 0 heterocycles. The maximum absolute atomic E-state index is 10.6. The zero-order chi connectivity index (χ0) is 13.9. The summed E-state index contributed by atoms with van der Waals surface area (Å²) in [6, 6.07) is 12.0. The Hall–Kier alpha value is -1.55. The van der Waals surface area contributed by atoms with Crippen molar-refractivity contribution in [3.05, 3.63) is 35.9 Å². The molecule has 0 aromatic heterocycles. The number of hydrogen-bond donors (Lipinski definition) is 3.